The molecule has 20 heavy (non-hydrogen) atoms. The van der Waals surface area contributed by atoms with Crippen molar-refractivity contribution in [1.82, 2.24) is 24.9 Å². The summed E-state index contributed by atoms with van der Waals surface area (Å²) >= 11 is 0. The van der Waals surface area contributed by atoms with Gasteiger partial charge in [-0.25, -0.2) is 0 Å². The van der Waals surface area contributed by atoms with E-state index >= 15 is 0 Å². The Morgan fingerprint density at radius 2 is 1.90 bits per heavy atom. The van der Waals surface area contributed by atoms with E-state index in [9.17, 15) is 0 Å². The smallest absolute Gasteiger partial charge is 0.230 e. The van der Waals surface area contributed by atoms with Gasteiger partial charge in [-0.15, -0.1) is 10.2 Å². The normalized spacial score (nSPS) is 12.3. The van der Waals surface area contributed by atoms with Crippen LogP contribution in [0.5, 0.6) is 0 Å². The second-order valence-electron chi connectivity index (χ2n) is 6.17. The van der Waals surface area contributed by atoms with Crippen molar-refractivity contribution in [3.63, 3.8) is 0 Å². The molecule has 0 fully saturated rings. The monoisotopic (exact) mass is 277 g/mol. The van der Waals surface area contributed by atoms with Crippen LogP contribution >= 0.6 is 0 Å². The van der Waals surface area contributed by atoms with Crippen molar-refractivity contribution in [2.45, 2.75) is 53.2 Å². The number of hydrogen-bond acceptors (Lipinski definition) is 5. The molecule has 2 aromatic heterocycles. The van der Waals surface area contributed by atoms with Crippen molar-refractivity contribution < 1.29 is 4.42 Å². The Hall–Kier alpha value is -1.69. The van der Waals surface area contributed by atoms with Gasteiger partial charge >= 0.3 is 0 Å². The minimum absolute atomic E-state index is 0.00760. The third-order valence-corrected chi connectivity index (χ3v) is 3.30. The molecule has 0 N–H and O–H groups in total. The second-order valence-corrected chi connectivity index (χ2v) is 6.17. The number of rotatable bonds is 4. The van der Waals surface area contributed by atoms with Gasteiger partial charge in [0.15, 0.2) is 0 Å². The van der Waals surface area contributed by atoms with Gasteiger partial charge in [0.05, 0.1) is 12.2 Å². The summed E-state index contributed by atoms with van der Waals surface area (Å²) in [4.78, 5) is 2.29. The molecule has 110 valence electrons. The van der Waals surface area contributed by atoms with Crippen LogP contribution in [0.4, 0.5) is 0 Å². The third-order valence-electron chi connectivity index (χ3n) is 3.30. The summed E-state index contributed by atoms with van der Waals surface area (Å²) < 4.78 is 7.34. The molecular formula is C14H23N5O. The maximum atomic E-state index is 5.49. The molecule has 0 saturated heterocycles. The zero-order chi connectivity index (χ0) is 14.9. The molecule has 6 heteroatoms. The summed E-state index contributed by atoms with van der Waals surface area (Å²) in [7, 11) is 1.94. The number of aromatic nitrogens is 4. The molecule has 0 bridgehead atoms. The van der Waals surface area contributed by atoms with Crippen LogP contribution in [0.1, 0.15) is 43.8 Å². The molecule has 0 unspecified atom stereocenters. The molecule has 0 amide bonds. The van der Waals surface area contributed by atoms with Crippen LogP contribution in [0.3, 0.4) is 0 Å². The topological polar surface area (TPSA) is 60.0 Å². The summed E-state index contributed by atoms with van der Waals surface area (Å²) in [6.45, 7) is 11.8. The highest BCUT2D eigenvalue weighted by Crippen LogP contribution is 2.20. The predicted molar refractivity (Wildman–Crippen MR) is 76.0 cm³/mol. The van der Waals surface area contributed by atoms with Gasteiger partial charge in [0.2, 0.25) is 11.8 Å². The van der Waals surface area contributed by atoms with Crippen LogP contribution in [-0.2, 0) is 20.1 Å². The minimum Gasteiger partial charge on any atom is -0.424 e. The number of aryl methyl sites for hydroxylation is 3. The third kappa shape index (κ3) is 3.45. The Morgan fingerprint density at radius 3 is 2.35 bits per heavy atom. The fourth-order valence-corrected chi connectivity index (χ4v) is 2.08. The summed E-state index contributed by atoms with van der Waals surface area (Å²) in [5.74, 6) is 1.24. The molecule has 6 nitrogen and oxygen atoms in total. The largest absolute Gasteiger partial charge is 0.424 e. The molecule has 0 aliphatic heterocycles. The van der Waals surface area contributed by atoms with Crippen LogP contribution in [-0.4, -0.2) is 30.4 Å². The Balaban J connectivity index is 2.18. The average molecular weight is 277 g/mol. The number of nitrogens with zero attached hydrogens (tertiary/aromatic N) is 5. The van der Waals surface area contributed by atoms with Gasteiger partial charge in [0.25, 0.3) is 0 Å². The van der Waals surface area contributed by atoms with Crippen LogP contribution in [0, 0.1) is 13.8 Å². The molecule has 0 aliphatic carbocycles. The van der Waals surface area contributed by atoms with Crippen LogP contribution < -0.4 is 0 Å². The Kier molecular flexibility index (Phi) is 3.94. The highest BCUT2D eigenvalue weighted by Gasteiger charge is 2.25. The van der Waals surface area contributed by atoms with E-state index in [-0.39, 0.29) is 5.54 Å². The first-order chi connectivity index (χ1) is 9.25. The molecule has 2 aromatic rings. The lowest BCUT2D eigenvalue weighted by Gasteiger charge is -2.34. The summed E-state index contributed by atoms with van der Waals surface area (Å²) in [6, 6.07) is 0. The first-order valence-electron chi connectivity index (χ1n) is 6.79. The van der Waals surface area contributed by atoms with E-state index in [1.807, 2.05) is 17.9 Å². The molecule has 0 saturated carbocycles. The summed E-state index contributed by atoms with van der Waals surface area (Å²) in [5.41, 5.74) is 2.27. The van der Waals surface area contributed by atoms with Crippen molar-refractivity contribution in [1.29, 1.82) is 0 Å². The van der Waals surface area contributed by atoms with Crippen LogP contribution in [0.15, 0.2) is 10.6 Å². The van der Waals surface area contributed by atoms with Crippen molar-refractivity contribution in [2.75, 3.05) is 0 Å². The standard InChI is InChI=1S/C14H23N5O/c1-10-7-18(6)17-12(10)8-19(14(3,4)5)9-13-16-15-11(2)20-13/h7H,8-9H2,1-6H3. The van der Waals surface area contributed by atoms with Gasteiger partial charge in [-0.1, -0.05) is 0 Å². The molecule has 0 aromatic carbocycles. The molecular weight excluding hydrogens is 254 g/mol. The van der Waals surface area contributed by atoms with Crippen LogP contribution in [0.25, 0.3) is 0 Å². The fraction of sp³-hybridized carbons (Fsp3) is 0.643. The average Bonchev–Trinajstić information content (AvgIpc) is 2.84. The van der Waals surface area contributed by atoms with E-state index in [4.69, 9.17) is 4.42 Å². The Bertz CT molecular complexity index is 579. The molecule has 0 atom stereocenters. The second kappa shape index (κ2) is 5.36. The lowest BCUT2D eigenvalue weighted by Crippen LogP contribution is -2.40. The van der Waals surface area contributed by atoms with Crippen molar-refractivity contribution in [3.8, 4) is 0 Å². The molecule has 0 aliphatic rings. The molecule has 2 heterocycles. The van der Waals surface area contributed by atoms with Crippen molar-refractivity contribution >= 4 is 0 Å². The molecule has 0 radical (unpaired) electrons. The zero-order valence-electron chi connectivity index (χ0n) is 13.1. The Morgan fingerprint density at radius 1 is 1.20 bits per heavy atom. The maximum absolute atomic E-state index is 5.49. The predicted octanol–water partition coefficient (Wildman–Crippen LogP) is 2.22. The SMILES string of the molecule is Cc1nnc(CN(Cc2nn(C)cc2C)C(C)(C)C)o1. The first-order valence-corrected chi connectivity index (χ1v) is 6.79. The van der Waals surface area contributed by atoms with E-state index in [2.05, 4.69) is 47.9 Å². The molecule has 2 rings (SSSR count). The Labute approximate surface area is 119 Å². The summed E-state index contributed by atoms with van der Waals surface area (Å²) in [6.07, 6.45) is 2.03. The zero-order valence-corrected chi connectivity index (χ0v) is 13.1. The highest BCUT2D eigenvalue weighted by molar-refractivity contribution is 5.14. The quantitative estimate of drug-likeness (QED) is 0.857. The fourth-order valence-electron chi connectivity index (χ4n) is 2.08. The van der Waals surface area contributed by atoms with E-state index in [1.54, 1.807) is 6.92 Å². The van der Waals surface area contributed by atoms with Gasteiger partial charge in [0, 0.05) is 32.3 Å². The van der Waals surface area contributed by atoms with Crippen LogP contribution in [0.2, 0.25) is 0 Å². The lowest BCUT2D eigenvalue weighted by atomic mass is 10.1. The minimum atomic E-state index is -0.00760. The van der Waals surface area contributed by atoms with Gasteiger partial charge < -0.3 is 4.42 Å². The van der Waals surface area contributed by atoms with Crippen molar-refractivity contribution in [2.24, 2.45) is 7.05 Å². The van der Waals surface area contributed by atoms with Gasteiger partial charge in [-0.3, -0.25) is 9.58 Å². The van der Waals surface area contributed by atoms with E-state index in [1.165, 1.54) is 5.56 Å². The lowest BCUT2D eigenvalue weighted by molar-refractivity contribution is 0.104. The van der Waals surface area contributed by atoms with E-state index in [0.29, 0.717) is 18.3 Å². The highest BCUT2D eigenvalue weighted by atomic mass is 16.4. The first kappa shape index (κ1) is 14.7. The number of hydrogen-bond donors (Lipinski definition) is 0. The molecule has 0 spiro atoms. The summed E-state index contributed by atoms with van der Waals surface area (Å²) in [5, 5.41) is 12.5. The van der Waals surface area contributed by atoms with E-state index in [0.717, 1.165) is 12.2 Å². The van der Waals surface area contributed by atoms with Crippen molar-refractivity contribution in [3.05, 3.63) is 29.2 Å². The van der Waals surface area contributed by atoms with E-state index < -0.39 is 0 Å². The van der Waals surface area contributed by atoms with Gasteiger partial charge in [-0.05, 0) is 33.3 Å². The van der Waals surface area contributed by atoms with Gasteiger partial charge in [-0.2, -0.15) is 5.10 Å². The van der Waals surface area contributed by atoms with Gasteiger partial charge in [0.1, 0.15) is 0 Å². The maximum Gasteiger partial charge on any atom is 0.230 e.